The molecule has 3 heteroatoms. The summed E-state index contributed by atoms with van der Waals surface area (Å²) in [5.74, 6) is -0.455. The summed E-state index contributed by atoms with van der Waals surface area (Å²) in [6, 6.07) is 5.71. The molecule has 0 amide bonds. The molecule has 0 bridgehead atoms. The van der Waals surface area contributed by atoms with Crippen molar-refractivity contribution in [3.8, 4) is 5.75 Å². The van der Waals surface area contributed by atoms with Crippen molar-refractivity contribution >= 4 is 5.97 Å². The second-order valence-corrected chi connectivity index (χ2v) is 3.37. The zero-order chi connectivity index (χ0) is 11.1. The molecule has 3 nitrogen and oxygen atoms in total. The molecular weight excluding hydrogens is 192 g/mol. The van der Waals surface area contributed by atoms with Gasteiger partial charge in [-0.15, -0.1) is 0 Å². The van der Waals surface area contributed by atoms with Gasteiger partial charge in [0.05, 0.1) is 12.2 Å². The molecule has 0 saturated carbocycles. The van der Waals surface area contributed by atoms with Gasteiger partial charge in [0.2, 0.25) is 0 Å². The normalized spacial score (nSPS) is 9.93. The van der Waals surface area contributed by atoms with Crippen LogP contribution in [0.1, 0.15) is 36.5 Å². The number of unbranched alkanes of at least 4 members (excludes halogenated alkanes) is 2. The topological polar surface area (TPSA) is 46.2 Å². The predicted molar refractivity (Wildman–Crippen MR) is 56.4 cm³/mol. The molecular formula is C12H15O3. The van der Waals surface area contributed by atoms with Gasteiger partial charge in [0.15, 0.2) is 5.75 Å². The number of ether oxygens (including phenoxy) is 1. The Bertz CT molecular complexity index is 303. The van der Waals surface area contributed by atoms with Crippen molar-refractivity contribution in [1.29, 1.82) is 0 Å². The van der Waals surface area contributed by atoms with Crippen molar-refractivity contribution < 1.29 is 14.6 Å². The Labute approximate surface area is 89.7 Å². The lowest BCUT2D eigenvalue weighted by Gasteiger charge is -2.03. The molecule has 0 N–H and O–H groups in total. The third kappa shape index (κ3) is 4.02. The van der Waals surface area contributed by atoms with Crippen molar-refractivity contribution in [1.82, 2.24) is 0 Å². The van der Waals surface area contributed by atoms with Crippen LogP contribution >= 0.6 is 0 Å². The van der Waals surface area contributed by atoms with E-state index in [2.05, 4.69) is 6.92 Å². The van der Waals surface area contributed by atoms with Gasteiger partial charge in [-0.1, -0.05) is 19.8 Å². The molecule has 0 heterocycles. The first-order valence-corrected chi connectivity index (χ1v) is 5.18. The lowest BCUT2D eigenvalue weighted by Crippen LogP contribution is -2.05. The van der Waals surface area contributed by atoms with Crippen molar-refractivity contribution in [2.24, 2.45) is 0 Å². The van der Waals surface area contributed by atoms with Crippen LogP contribution in [-0.4, -0.2) is 12.6 Å². The zero-order valence-electron chi connectivity index (χ0n) is 8.86. The Balaban J connectivity index is 2.37. The van der Waals surface area contributed by atoms with E-state index < -0.39 is 0 Å². The van der Waals surface area contributed by atoms with E-state index in [1.807, 2.05) is 0 Å². The van der Waals surface area contributed by atoms with Crippen LogP contribution in [0.5, 0.6) is 5.75 Å². The Hall–Kier alpha value is -1.51. The third-order valence-electron chi connectivity index (χ3n) is 2.07. The van der Waals surface area contributed by atoms with Crippen LogP contribution in [0.4, 0.5) is 0 Å². The summed E-state index contributed by atoms with van der Waals surface area (Å²) in [6.45, 7) is 2.54. The van der Waals surface area contributed by atoms with Gasteiger partial charge in [-0.25, -0.2) is 4.79 Å². The zero-order valence-corrected chi connectivity index (χ0v) is 8.86. The lowest BCUT2D eigenvalue weighted by molar-refractivity contribution is 0.0498. The van der Waals surface area contributed by atoms with E-state index in [0.29, 0.717) is 12.2 Å². The summed E-state index contributed by atoms with van der Waals surface area (Å²) >= 11 is 0. The summed E-state index contributed by atoms with van der Waals surface area (Å²) in [4.78, 5) is 11.4. The van der Waals surface area contributed by atoms with E-state index in [1.54, 1.807) is 0 Å². The molecule has 0 aliphatic heterocycles. The van der Waals surface area contributed by atoms with E-state index in [0.717, 1.165) is 19.3 Å². The van der Waals surface area contributed by atoms with Gasteiger partial charge in [-0.05, 0) is 30.7 Å². The Morgan fingerprint density at radius 1 is 1.20 bits per heavy atom. The second-order valence-electron chi connectivity index (χ2n) is 3.37. The van der Waals surface area contributed by atoms with Crippen LogP contribution in [-0.2, 0) is 9.84 Å². The third-order valence-corrected chi connectivity index (χ3v) is 2.07. The molecule has 0 saturated heterocycles. The second kappa shape index (κ2) is 6.06. The Morgan fingerprint density at radius 3 is 2.47 bits per heavy atom. The van der Waals surface area contributed by atoms with Gasteiger partial charge in [0.1, 0.15) is 0 Å². The first-order valence-electron chi connectivity index (χ1n) is 5.18. The molecule has 15 heavy (non-hydrogen) atoms. The maximum Gasteiger partial charge on any atom is 0.338 e. The molecule has 1 rings (SSSR count). The number of benzene rings is 1. The molecule has 0 fully saturated rings. The predicted octanol–water partition coefficient (Wildman–Crippen LogP) is 3.18. The molecule has 1 aromatic rings. The van der Waals surface area contributed by atoms with Gasteiger partial charge in [0, 0.05) is 0 Å². The molecule has 0 unspecified atom stereocenters. The molecule has 1 radical (unpaired) electrons. The van der Waals surface area contributed by atoms with Crippen LogP contribution in [0.3, 0.4) is 0 Å². The number of carbonyl (C=O) groups is 1. The average molecular weight is 207 g/mol. The fourth-order valence-electron chi connectivity index (χ4n) is 1.19. The van der Waals surface area contributed by atoms with Crippen molar-refractivity contribution in [2.75, 3.05) is 6.61 Å². The number of esters is 1. The van der Waals surface area contributed by atoms with Crippen LogP contribution in [0.2, 0.25) is 0 Å². The molecule has 0 aliphatic carbocycles. The maximum atomic E-state index is 11.4. The molecule has 0 aromatic heterocycles. The van der Waals surface area contributed by atoms with Gasteiger partial charge < -0.3 is 4.74 Å². The minimum atomic E-state index is -0.355. The van der Waals surface area contributed by atoms with E-state index in [4.69, 9.17) is 4.74 Å². The van der Waals surface area contributed by atoms with Gasteiger partial charge in [-0.2, -0.15) is 0 Å². The highest BCUT2D eigenvalue weighted by Gasteiger charge is 2.06. The molecule has 1 aromatic carbocycles. The van der Waals surface area contributed by atoms with Crippen LogP contribution in [0.25, 0.3) is 0 Å². The van der Waals surface area contributed by atoms with Crippen LogP contribution in [0.15, 0.2) is 24.3 Å². The highest BCUT2D eigenvalue weighted by molar-refractivity contribution is 5.89. The Morgan fingerprint density at radius 2 is 1.87 bits per heavy atom. The van der Waals surface area contributed by atoms with Gasteiger partial charge >= 0.3 is 5.97 Å². The van der Waals surface area contributed by atoms with E-state index in [-0.39, 0.29) is 11.7 Å². The Kier molecular flexibility index (Phi) is 4.68. The SMILES string of the molecule is CCCCCOC(=O)c1ccc([O])cc1. The lowest BCUT2D eigenvalue weighted by atomic mass is 10.2. The standard InChI is InChI=1S/C12H15O3/c1-2-3-4-9-15-12(14)10-5-7-11(13)8-6-10/h5-8H,2-4,9H2,1H3. The largest absolute Gasteiger partial charge is 0.462 e. The smallest absolute Gasteiger partial charge is 0.338 e. The van der Waals surface area contributed by atoms with Crippen molar-refractivity contribution in [3.05, 3.63) is 29.8 Å². The molecule has 0 aliphatic rings. The summed E-state index contributed by atoms with van der Waals surface area (Å²) < 4.78 is 5.03. The summed E-state index contributed by atoms with van der Waals surface area (Å²) in [5.41, 5.74) is 0.436. The van der Waals surface area contributed by atoms with Crippen molar-refractivity contribution in [3.63, 3.8) is 0 Å². The van der Waals surface area contributed by atoms with E-state index in [9.17, 15) is 9.90 Å². The number of carbonyl (C=O) groups excluding carboxylic acids is 1. The minimum Gasteiger partial charge on any atom is -0.462 e. The average Bonchev–Trinajstić information content (AvgIpc) is 2.25. The monoisotopic (exact) mass is 207 g/mol. The molecule has 0 atom stereocenters. The van der Waals surface area contributed by atoms with Gasteiger partial charge in [0.25, 0.3) is 0 Å². The highest BCUT2D eigenvalue weighted by Crippen LogP contribution is 2.11. The van der Waals surface area contributed by atoms with Crippen LogP contribution in [0, 0.1) is 0 Å². The number of rotatable bonds is 5. The van der Waals surface area contributed by atoms with Gasteiger partial charge in [-0.3, -0.25) is 5.11 Å². The fraction of sp³-hybridized carbons (Fsp3) is 0.417. The van der Waals surface area contributed by atoms with E-state index in [1.165, 1.54) is 24.3 Å². The number of hydrogen-bond acceptors (Lipinski definition) is 2. The minimum absolute atomic E-state index is 0.0995. The molecule has 81 valence electrons. The van der Waals surface area contributed by atoms with E-state index >= 15 is 0 Å². The molecule has 0 spiro atoms. The highest BCUT2D eigenvalue weighted by atomic mass is 16.5. The summed E-state index contributed by atoms with van der Waals surface area (Å²) in [7, 11) is 0. The summed E-state index contributed by atoms with van der Waals surface area (Å²) in [5, 5.41) is 10.8. The summed E-state index contributed by atoms with van der Waals surface area (Å²) in [6.07, 6.45) is 3.05. The quantitative estimate of drug-likeness (QED) is 0.550. The first-order chi connectivity index (χ1) is 7.24. The first kappa shape index (κ1) is 11.6. The number of hydrogen-bond donors (Lipinski definition) is 0. The van der Waals surface area contributed by atoms with Crippen LogP contribution < -0.4 is 0 Å². The maximum absolute atomic E-state index is 11.4. The van der Waals surface area contributed by atoms with Crippen molar-refractivity contribution in [2.45, 2.75) is 26.2 Å². The fourth-order valence-corrected chi connectivity index (χ4v) is 1.19.